The van der Waals surface area contributed by atoms with Crippen molar-refractivity contribution in [1.29, 1.82) is 0 Å². The lowest BCUT2D eigenvalue weighted by molar-refractivity contribution is -0.131. The van der Waals surface area contributed by atoms with Gasteiger partial charge in [0.15, 0.2) is 0 Å². The molecule has 0 atom stereocenters. The van der Waals surface area contributed by atoms with Crippen molar-refractivity contribution in [3.63, 3.8) is 0 Å². The standard InChI is InChI=1S/C14H15ClN2O6S/c15-11-2-1-10(24(21,22)17-5-7-23-8-6-17)9-12(11)16-13(18)3-4-14(19)20/h1-4,9H,5-8H2,(H,16,18)(H,19,20)/b4-3-. The summed E-state index contributed by atoms with van der Waals surface area (Å²) in [5.74, 6) is -2.01. The number of amides is 1. The molecule has 0 saturated carbocycles. The Balaban J connectivity index is 2.24. The van der Waals surface area contributed by atoms with Crippen LogP contribution in [0.1, 0.15) is 0 Å². The van der Waals surface area contributed by atoms with Gasteiger partial charge < -0.3 is 15.2 Å². The van der Waals surface area contributed by atoms with Crippen LogP contribution in [0.15, 0.2) is 35.2 Å². The van der Waals surface area contributed by atoms with Gasteiger partial charge in [-0.3, -0.25) is 4.79 Å². The minimum Gasteiger partial charge on any atom is -0.478 e. The molecule has 0 spiro atoms. The molecule has 8 nitrogen and oxygen atoms in total. The van der Waals surface area contributed by atoms with E-state index in [1.807, 2.05) is 0 Å². The Labute approximate surface area is 143 Å². The molecule has 0 unspecified atom stereocenters. The first-order valence-corrected chi connectivity index (χ1v) is 8.72. The number of nitrogens with zero attached hydrogens (tertiary/aromatic N) is 1. The maximum Gasteiger partial charge on any atom is 0.328 e. The normalized spacial score (nSPS) is 16.2. The highest BCUT2D eigenvalue weighted by Gasteiger charge is 2.27. The van der Waals surface area contributed by atoms with Gasteiger partial charge in [-0.2, -0.15) is 4.31 Å². The van der Waals surface area contributed by atoms with E-state index >= 15 is 0 Å². The molecule has 2 rings (SSSR count). The van der Waals surface area contributed by atoms with Crippen molar-refractivity contribution < 1.29 is 27.9 Å². The summed E-state index contributed by atoms with van der Waals surface area (Å²) < 4.78 is 31.6. The van der Waals surface area contributed by atoms with Crippen LogP contribution in [-0.2, 0) is 24.3 Å². The molecule has 10 heteroatoms. The molecule has 24 heavy (non-hydrogen) atoms. The van der Waals surface area contributed by atoms with Crippen LogP contribution in [0.2, 0.25) is 5.02 Å². The summed E-state index contributed by atoms with van der Waals surface area (Å²) in [6.45, 7) is 1.12. The Bertz CT molecular complexity index is 771. The summed E-state index contributed by atoms with van der Waals surface area (Å²) in [4.78, 5) is 22.0. The number of anilines is 1. The molecule has 130 valence electrons. The molecule has 0 radical (unpaired) electrons. The molecule has 1 fully saturated rings. The maximum atomic E-state index is 12.6. The third kappa shape index (κ3) is 4.54. The number of rotatable bonds is 5. The molecule has 1 aliphatic rings. The monoisotopic (exact) mass is 374 g/mol. The van der Waals surface area contributed by atoms with Crippen LogP contribution in [0.4, 0.5) is 5.69 Å². The number of carboxylic acid groups (broad SMARTS) is 1. The molecular weight excluding hydrogens is 360 g/mol. The van der Waals surface area contributed by atoms with Gasteiger partial charge in [0, 0.05) is 25.2 Å². The molecule has 1 aromatic rings. The second-order valence-electron chi connectivity index (χ2n) is 4.82. The lowest BCUT2D eigenvalue weighted by Crippen LogP contribution is -2.40. The number of aliphatic carboxylic acids is 1. The topological polar surface area (TPSA) is 113 Å². The number of nitrogens with one attached hydrogen (secondary N) is 1. The lowest BCUT2D eigenvalue weighted by Gasteiger charge is -2.26. The van der Waals surface area contributed by atoms with Crippen molar-refractivity contribution in [3.8, 4) is 0 Å². The van der Waals surface area contributed by atoms with Gasteiger partial charge in [0.1, 0.15) is 0 Å². The zero-order valence-electron chi connectivity index (χ0n) is 12.4. The molecule has 1 amide bonds. The molecule has 0 bridgehead atoms. The predicted octanol–water partition coefficient (Wildman–Crippen LogP) is 0.940. The fourth-order valence-corrected chi connectivity index (χ4v) is 3.62. The Morgan fingerprint density at radius 1 is 1.25 bits per heavy atom. The van der Waals surface area contributed by atoms with E-state index in [0.717, 1.165) is 6.08 Å². The van der Waals surface area contributed by atoms with Gasteiger partial charge in [-0.25, -0.2) is 13.2 Å². The van der Waals surface area contributed by atoms with Crippen LogP contribution in [0.3, 0.4) is 0 Å². The second kappa shape index (κ2) is 7.75. The summed E-state index contributed by atoms with van der Waals surface area (Å²) in [5, 5.41) is 11.0. The summed E-state index contributed by atoms with van der Waals surface area (Å²) in [6.07, 6.45) is 1.47. The number of hydrogen-bond acceptors (Lipinski definition) is 5. The highest BCUT2D eigenvalue weighted by atomic mass is 35.5. The zero-order valence-corrected chi connectivity index (χ0v) is 14.0. The minimum absolute atomic E-state index is 0.0219. The number of morpholine rings is 1. The van der Waals surface area contributed by atoms with Gasteiger partial charge in [-0.05, 0) is 18.2 Å². The smallest absolute Gasteiger partial charge is 0.328 e. The maximum absolute atomic E-state index is 12.6. The largest absolute Gasteiger partial charge is 0.478 e. The van der Waals surface area contributed by atoms with Crippen LogP contribution in [-0.4, -0.2) is 56.0 Å². The van der Waals surface area contributed by atoms with E-state index in [2.05, 4.69) is 5.32 Å². The Kier molecular flexibility index (Phi) is 5.94. The highest BCUT2D eigenvalue weighted by molar-refractivity contribution is 7.89. The van der Waals surface area contributed by atoms with Gasteiger partial charge >= 0.3 is 5.97 Å². The predicted molar refractivity (Wildman–Crippen MR) is 86.4 cm³/mol. The number of benzene rings is 1. The molecule has 1 aromatic carbocycles. The van der Waals surface area contributed by atoms with E-state index in [9.17, 15) is 18.0 Å². The van der Waals surface area contributed by atoms with Crippen molar-refractivity contribution in [1.82, 2.24) is 4.31 Å². The van der Waals surface area contributed by atoms with E-state index in [0.29, 0.717) is 19.3 Å². The van der Waals surface area contributed by atoms with Gasteiger partial charge in [-0.15, -0.1) is 0 Å². The van der Waals surface area contributed by atoms with Gasteiger partial charge in [0.25, 0.3) is 0 Å². The van der Waals surface area contributed by atoms with E-state index < -0.39 is 21.9 Å². The van der Waals surface area contributed by atoms with Crippen molar-refractivity contribution >= 4 is 39.2 Å². The summed E-state index contributed by atoms with van der Waals surface area (Å²) in [5.41, 5.74) is 0.0750. The molecule has 0 aromatic heterocycles. The van der Waals surface area contributed by atoms with Crippen LogP contribution in [0, 0.1) is 0 Å². The first kappa shape index (κ1) is 18.4. The number of sulfonamides is 1. The van der Waals surface area contributed by atoms with Crippen LogP contribution in [0.25, 0.3) is 0 Å². The summed E-state index contributed by atoms with van der Waals surface area (Å²) >= 11 is 5.96. The number of carboxylic acids is 1. The lowest BCUT2D eigenvalue weighted by atomic mass is 10.3. The van der Waals surface area contributed by atoms with Crippen LogP contribution in [0.5, 0.6) is 0 Å². The van der Waals surface area contributed by atoms with E-state index in [4.69, 9.17) is 21.4 Å². The fraction of sp³-hybridized carbons (Fsp3) is 0.286. The molecule has 1 saturated heterocycles. The van der Waals surface area contributed by atoms with Gasteiger partial charge in [-0.1, -0.05) is 11.6 Å². The van der Waals surface area contributed by atoms with Crippen LogP contribution < -0.4 is 5.32 Å². The number of hydrogen-bond donors (Lipinski definition) is 2. The van der Waals surface area contributed by atoms with Gasteiger partial charge in [0.2, 0.25) is 15.9 Å². The van der Waals surface area contributed by atoms with Crippen molar-refractivity contribution in [2.24, 2.45) is 0 Å². The molecule has 0 aliphatic carbocycles. The number of ether oxygens (including phenoxy) is 1. The summed E-state index contributed by atoms with van der Waals surface area (Å²) in [6, 6.07) is 3.93. The van der Waals surface area contributed by atoms with Crippen molar-refractivity contribution in [2.45, 2.75) is 4.90 Å². The first-order chi connectivity index (χ1) is 11.3. The minimum atomic E-state index is -3.73. The fourth-order valence-electron chi connectivity index (χ4n) is 2.02. The Morgan fingerprint density at radius 2 is 1.92 bits per heavy atom. The SMILES string of the molecule is O=C(O)/C=C\C(=O)Nc1cc(S(=O)(=O)N2CCOCC2)ccc1Cl. The van der Waals surface area contributed by atoms with E-state index in [-0.39, 0.29) is 28.7 Å². The number of carbonyl (C=O) groups is 2. The number of carbonyl (C=O) groups excluding carboxylic acids is 1. The summed E-state index contributed by atoms with van der Waals surface area (Å²) in [7, 11) is -3.73. The van der Waals surface area contributed by atoms with E-state index in [1.54, 1.807) is 0 Å². The van der Waals surface area contributed by atoms with Crippen molar-refractivity contribution in [3.05, 3.63) is 35.4 Å². The van der Waals surface area contributed by atoms with Crippen LogP contribution >= 0.6 is 11.6 Å². The molecule has 1 aliphatic heterocycles. The van der Waals surface area contributed by atoms with Gasteiger partial charge in [0.05, 0.1) is 28.8 Å². The first-order valence-electron chi connectivity index (χ1n) is 6.90. The zero-order chi connectivity index (χ0) is 17.7. The number of halogens is 1. The highest BCUT2D eigenvalue weighted by Crippen LogP contribution is 2.27. The Morgan fingerprint density at radius 3 is 2.54 bits per heavy atom. The second-order valence-corrected chi connectivity index (χ2v) is 7.16. The molecule has 1 heterocycles. The average Bonchev–Trinajstić information content (AvgIpc) is 2.55. The average molecular weight is 375 g/mol. The quantitative estimate of drug-likeness (QED) is 0.741. The molecular formula is C14H15ClN2O6S. The molecule has 2 N–H and O–H groups in total. The third-order valence-electron chi connectivity index (χ3n) is 3.18. The van der Waals surface area contributed by atoms with E-state index in [1.165, 1.54) is 22.5 Å². The van der Waals surface area contributed by atoms with Crippen molar-refractivity contribution in [2.75, 3.05) is 31.6 Å². The Hall–Kier alpha value is -1.94. The third-order valence-corrected chi connectivity index (χ3v) is 5.41.